The number of carbonyl (C=O) groups excluding carboxylic acids is 4. The van der Waals surface area contributed by atoms with E-state index in [2.05, 4.69) is 0 Å². The Labute approximate surface area is 317 Å². The molecule has 4 unspecified atom stereocenters. The van der Waals surface area contributed by atoms with Crippen molar-refractivity contribution in [1.82, 2.24) is 8.61 Å². The van der Waals surface area contributed by atoms with Gasteiger partial charge in [-0.3, -0.25) is 8.98 Å². The molecule has 7 atom stereocenters. The number of rotatable bonds is 3. The molecule has 5 fully saturated rings. The van der Waals surface area contributed by atoms with E-state index in [0.29, 0.717) is 23.6 Å². The molecule has 3 N–H and O–H groups in total. The van der Waals surface area contributed by atoms with E-state index in [1.807, 2.05) is 0 Å². The van der Waals surface area contributed by atoms with Gasteiger partial charge in [-0.1, -0.05) is 0 Å². The van der Waals surface area contributed by atoms with Crippen molar-refractivity contribution >= 4 is 51.7 Å². The highest BCUT2D eigenvalue weighted by Crippen LogP contribution is 2.51. The van der Waals surface area contributed by atoms with E-state index >= 15 is 0 Å². The molecule has 2 aliphatic heterocycles. The van der Waals surface area contributed by atoms with Gasteiger partial charge in [0, 0.05) is 0 Å². The molecule has 0 radical (unpaired) electrons. The lowest BCUT2D eigenvalue weighted by Crippen LogP contribution is -2.66. The third-order valence-electron chi connectivity index (χ3n) is 8.57. The van der Waals surface area contributed by atoms with Gasteiger partial charge < -0.3 is 29.8 Å². The molecule has 0 spiro atoms. The largest absolute Gasteiger partial charge is 0.480 e. The summed E-state index contributed by atoms with van der Waals surface area (Å²) in [4.78, 5) is 60.1. The number of carbonyl (C=O) groups is 5. The summed E-state index contributed by atoms with van der Waals surface area (Å²) in [5.74, 6) is -2.64. The third-order valence-corrected chi connectivity index (χ3v) is 11.1. The van der Waals surface area contributed by atoms with Crippen LogP contribution in [0.2, 0.25) is 0 Å². The molecule has 21 heteroatoms. The van der Waals surface area contributed by atoms with Crippen LogP contribution in [-0.2, 0) is 63.3 Å². The predicted octanol–water partition coefficient (Wildman–Crippen LogP) is 3.72. The van der Waals surface area contributed by atoms with Gasteiger partial charge in [-0.15, -0.1) is 0 Å². The molecule has 2 heterocycles. The molecule has 0 bridgehead atoms. The second kappa shape index (κ2) is 14.7. The molecule has 5 rings (SSSR count). The first-order chi connectivity index (χ1) is 24.1. The average molecular weight is 815 g/mol. The molecular weight excluding hydrogens is 761 g/mol. The Kier molecular flexibility index (Phi) is 12.4. The minimum atomic E-state index is -4.40. The Morgan fingerprint density at radius 2 is 1.15 bits per heavy atom. The number of carboxylic acids is 1. The van der Waals surface area contributed by atoms with Crippen molar-refractivity contribution in [3.05, 3.63) is 0 Å². The first-order valence-electron chi connectivity index (χ1n) is 17.3. The van der Waals surface area contributed by atoms with Gasteiger partial charge in [-0.25, -0.2) is 32.0 Å². The molecule has 3 aliphatic carbocycles. The molecule has 0 aromatic heterocycles. The van der Waals surface area contributed by atoms with Crippen molar-refractivity contribution in [3.8, 4) is 0 Å². The number of esters is 2. The minimum Gasteiger partial charge on any atom is -0.480 e. The van der Waals surface area contributed by atoms with Crippen molar-refractivity contribution in [1.29, 1.82) is 0 Å². The fourth-order valence-corrected chi connectivity index (χ4v) is 8.50. The lowest BCUT2D eigenvalue weighted by Gasteiger charge is -2.44. The van der Waals surface area contributed by atoms with Crippen molar-refractivity contribution in [3.63, 3.8) is 0 Å². The van der Waals surface area contributed by atoms with E-state index in [1.54, 1.807) is 83.1 Å². The number of ether oxygens (including phenoxy) is 4. The molecule has 2 amide bonds. The summed E-state index contributed by atoms with van der Waals surface area (Å²) in [6.07, 6.45) is -2.96. The van der Waals surface area contributed by atoms with Crippen LogP contribution in [-0.4, -0.2) is 114 Å². The van der Waals surface area contributed by atoms with Crippen LogP contribution in [0.3, 0.4) is 0 Å². The number of nitrogens with two attached hydrogens (primary N) is 1. The van der Waals surface area contributed by atoms with Crippen LogP contribution in [0.4, 0.5) is 14.0 Å². The summed E-state index contributed by atoms with van der Waals surface area (Å²) in [5.41, 5.74) is -2.69. The number of halogens is 1. The van der Waals surface area contributed by atoms with Crippen LogP contribution in [0.15, 0.2) is 0 Å². The van der Waals surface area contributed by atoms with Crippen molar-refractivity contribution in [2.45, 2.75) is 179 Å². The summed E-state index contributed by atoms with van der Waals surface area (Å²) in [6.45, 7) is 20.1. The third kappa shape index (κ3) is 9.27. The van der Waals surface area contributed by atoms with E-state index in [9.17, 15) is 41.0 Å². The zero-order chi connectivity index (χ0) is 41.8. The number of alkyl halides is 1. The summed E-state index contributed by atoms with van der Waals surface area (Å²) in [5, 5.41) is 8.30. The summed E-state index contributed by atoms with van der Waals surface area (Å²) < 4.78 is 81.5. The van der Waals surface area contributed by atoms with Crippen molar-refractivity contribution in [2.24, 2.45) is 5.73 Å². The lowest BCUT2D eigenvalue weighted by molar-refractivity contribution is -0.177. The van der Waals surface area contributed by atoms with Crippen LogP contribution in [0.5, 0.6) is 0 Å². The van der Waals surface area contributed by atoms with Gasteiger partial charge >= 0.3 is 40.4 Å². The highest BCUT2D eigenvalue weighted by atomic mass is 32.2. The maximum absolute atomic E-state index is 12.6. The van der Waals surface area contributed by atoms with Crippen LogP contribution in [0, 0.1) is 0 Å². The zero-order valence-corrected chi connectivity index (χ0v) is 34.4. The highest BCUT2D eigenvalue weighted by Gasteiger charge is 2.72. The number of carboxylic acid groups (broad SMARTS) is 1. The molecule has 2 saturated heterocycles. The van der Waals surface area contributed by atoms with Gasteiger partial charge in [0.05, 0.1) is 0 Å². The fraction of sp³-hybridized carbons (Fsp3) is 0.848. The Hall–Kier alpha value is -3.14. The number of aliphatic carboxylic acids is 1. The molecule has 3 saturated carbocycles. The molecule has 0 aromatic carbocycles. The molecule has 5 aliphatic rings. The van der Waals surface area contributed by atoms with Crippen LogP contribution in [0.25, 0.3) is 0 Å². The van der Waals surface area contributed by atoms with Crippen LogP contribution >= 0.6 is 0 Å². The normalized spacial score (nSPS) is 32.3. The number of amides is 2. The highest BCUT2D eigenvalue weighted by molar-refractivity contribution is 7.85. The van der Waals surface area contributed by atoms with Crippen LogP contribution in [0.1, 0.15) is 122 Å². The first kappa shape index (κ1) is 45.3. The topological polar surface area (TPSA) is 245 Å². The smallest absolute Gasteiger partial charge is 0.427 e. The van der Waals surface area contributed by atoms with E-state index in [-0.39, 0.29) is 19.3 Å². The first-order valence-corrected chi connectivity index (χ1v) is 19.7. The van der Waals surface area contributed by atoms with E-state index in [4.69, 9.17) is 38.2 Å². The van der Waals surface area contributed by atoms with E-state index < -0.39 is 109 Å². The maximum atomic E-state index is 12.6. The molecule has 0 aromatic rings. The molecule has 310 valence electrons. The number of fused-ring (bicyclic) bond motifs is 2. The van der Waals surface area contributed by atoms with Gasteiger partial charge in [0.15, 0.2) is 11.1 Å². The quantitative estimate of drug-likeness (QED) is 0.305. The van der Waals surface area contributed by atoms with Gasteiger partial charge in [-0.2, -0.15) is 17.0 Å². The lowest BCUT2D eigenvalue weighted by atomic mass is 9.73. The predicted molar refractivity (Wildman–Crippen MR) is 187 cm³/mol. The summed E-state index contributed by atoms with van der Waals surface area (Å²) in [6, 6.07) is 0. The van der Waals surface area contributed by atoms with Gasteiger partial charge in [-0.05, 0) is 122 Å². The molecule has 54 heavy (non-hydrogen) atoms. The number of nitrogens with zero attached hydrogens (tertiary/aromatic N) is 2. The molecule has 18 nitrogen and oxygen atoms in total. The average Bonchev–Trinajstić information content (AvgIpc) is 3.24. The fourth-order valence-electron chi connectivity index (χ4n) is 5.71. The Morgan fingerprint density at radius 3 is 1.46 bits per heavy atom. The van der Waals surface area contributed by atoms with Crippen molar-refractivity contribution in [2.75, 3.05) is 0 Å². The summed E-state index contributed by atoms with van der Waals surface area (Å²) in [7, 11) is -4.40. The van der Waals surface area contributed by atoms with Crippen LogP contribution < -0.4 is 5.73 Å². The van der Waals surface area contributed by atoms with Gasteiger partial charge in [0.25, 0.3) is 11.3 Å². The second-order valence-corrected chi connectivity index (χ2v) is 20.1. The number of hydrogen-bond donors (Lipinski definition) is 2. The number of hydrogen-bond acceptors (Lipinski definition) is 15. The van der Waals surface area contributed by atoms with Gasteiger partial charge in [0.2, 0.25) is 0 Å². The second-order valence-electron chi connectivity index (χ2n) is 17.6. The minimum absolute atomic E-state index is 0.144. The summed E-state index contributed by atoms with van der Waals surface area (Å²) >= 11 is -2.05. The van der Waals surface area contributed by atoms with E-state index in [0.717, 1.165) is 4.31 Å². The molecular formula is C33H54FN3O15S2. The monoisotopic (exact) mass is 814 g/mol. The standard InChI is InChI=1S/C14H23NO7S.C14H23NO6S.C5H8FNO2/c1-12(2,3)20-10(16)14-8-7-9(14)22-23(18,19)15(14)11(17)21-13(4,5)6;1-12(2,3)19-10(16)14-8-7-9(14)21-22(18)15(14)11(17)20-13(4,5)6;6-3-1-2-5(3,7)4(8)9/h9H,7-8H2,1-6H3;9H,7-8H2,1-6H3;3H,1-2,7H2,(H,8,9)/t9?,14-;9?,14-,22?;3?,5-/m000/s1/i;;6-1. The van der Waals surface area contributed by atoms with Crippen molar-refractivity contribution < 1.29 is 73.4 Å². The Morgan fingerprint density at radius 1 is 0.722 bits per heavy atom. The maximum Gasteiger partial charge on any atom is 0.427 e. The van der Waals surface area contributed by atoms with E-state index in [1.165, 1.54) is 0 Å². The SMILES string of the molecule is CC(C)(C)OC(=O)N1S(=O)OC2CC[C@@]21C(=O)OC(C)(C)C.CC(C)(C)OC(=O)N1[C@@]2(C(=O)OC(C)(C)C)CCC2OS1(=O)=O.N[C@@]1(C(=O)O)CCC1[18F]. The zero-order valence-electron chi connectivity index (χ0n) is 32.8. The Bertz CT molecular complexity index is 1650. The Balaban J connectivity index is 0.000000237. The van der Waals surface area contributed by atoms with Gasteiger partial charge in [0.1, 0.15) is 46.3 Å².